The van der Waals surface area contributed by atoms with Gasteiger partial charge in [-0.25, -0.2) is 0 Å². The Morgan fingerprint density at radius 2 is 2.15 bits per heavy atom. The molecule has 1 aromatic rings. The van der Waals surface area contributed by atoms with Crippen LogP contribution in [0.1, 0.15) is 46.3 Å². The van der Waals surface area contributed by atoms with Crippen molar-refractivity contribution < 1.29 is 9.59 Å². The molecule has 1 aliphatic carbocycles. The van der Waals surface area contributed by atoms with Crippen LogP contribution in [-0.2, 0) is 11.2 Å². The van der Waals surface area contributed by atoms with E-state index in [1.165, 1.54) is 16.2 Å². The lowest BCUT2D eigenvalue weighted by molar-refractivity contribution is -0.126. The fraction of sp³-hybridized carbons (Fsp3) is 0.467. The summed E-state index contributed by atoms with van der Waals surface area (Å²) in [5, 5.41) is 0. The van der Waals surface area contributed by atoms with Crippen molar-refractivity contribution in [2.45, 2.75) is 39.5 Å². The molecule has 0 aromatic carbocycles. The second-order valence-corrected chi connectivity index (χ2v) is 6.13. The SMILES string of the molecule is CCc1sc(C(=O)NNC(=O)[C@@H]2CC=CCC2)cc1C. The van der Waals surface area contributed by atoms with Crippen molar-refractivity contribution in [2.75, 3.05) is 0 Å². The van der Waals surface area contributed by atoms with E-state index in [1.807, 2.05) is 19.1 Å². The third-order valence-electron chi connectivity index (χ3n) is 3.50. The minimum Gasteiger partial charge on any atom is -0.273 e. The lowest BCUT2D eigenvalue weighted by Crippen LogP contribution is -2.44. The summed E-state index contributed by atoms with van der Waals surface area (Å²) in [6.07, 6.45) is 7.55. The number of nitrogens with one attached hydrogen (secondary N) is 2. The zero-order valence-corrected chi connectivity index (χ0v) is 12.7. The van der Waals surface area contributed by atoms with Crippen LogP contribution in [0.5, 0.6) is 0 Å². The van der Waals surface area contributed by atoms with Crippen LogP contribution in [0.2, 0.25) is 0 Å². The second kappa shape index (κ2) is 6.70. The van der Waals surface area contributed by atoms with E-state index >= 15 is 0 Å². The van der Waals surface area contributed by atoms with Crippen molar-refractivity contribution >= 4 is 23.2 Å². The topological polar surface area (TPSA) is 58.2 Å². The first kappa shape index (κ1) is 14.8. The zero-order valence-electron chi connectivity index (χ0n) is 11.9. The van der Waals surface area contributed by atoms with Crippen LogP contribution in [-0.4, -0.2) is 11.8 Å². The molecule has 108 valence electrons. The summed E-state index contributed by atoms with van der Waals surface area (Å²) in [4.78, 5) is 25.7. The minimum absolute atomic E-state index is 0.0309. The average Bonchev–Trinajstić information content (AvgIpc) is 2.86. The molecule has 0 radical (unpaired) electrons. The van der Waals surface area contributed by atoms with E-state index in [1.54, 1.807) is 0 Å². The fourth-order valence-electron chi connectivity index (χ4n) is 2.30. The van der Waals surface area contributed by atoms with Crippen LogP contribution < -0.4 is 10.9 Å². The molecule has 0 fully saturated rings. The van der Waals surface area contributed by atoms with Crippen molar-refractivity contribution in [1.82, 2.24) is 10.9 Å². The van der Waals surface area contributed by atoms with E-state index in [0.29, 0.717) is 4.88 Å². The normalized spacial score (nSPS) is 17.8. The van der Waals surface area contributed by atoms with Gasteiger partial charge in [-0.2, -0.15) is 0 Å². The lowest BCUT2D eigenvalue weighted by Gasteiger charge is -2.17. The van der Waals surface area contributed by atoms with E-state index in [0.717, 1.165) is 31.2 Å². The third kappa shape index (κ3) is 3.48. The highest BCUT2D eigenvalue weighted by molar-refractivity contribution is 7.14. The molecule has 4 nitrogen and oxygen atoms in total. The predicted molar refractivity (Wildman–Crippen MR) is 80.5 cm³/mol. The molecule has 5 heteroatoms. The summed E-state index contributed by atoms with van der Waals surface area (Å²) < 4.78 is 0. The number of carbonyl (C=O) groups is 2. The van der Waals surface area contributed by atoms with Gasteiger partial charge >= 0.3 is 0 Å². The summed E-state index contributed by atoms with van der Waals surface area (Å²) in [5.74, 6) is -0.374. The summed E-state index contributed by atoms with van der Waals surface area (Å²) in [7, 11) is 0. The molecular formula is C15H20N2O2S. The molecule has 0 saturated carbocycles. The van der Waals surface area contributed by atoms with E-state index in [-0.39, 0.29) is 17.7 Å². The van der Waals surface area contributed by atoms with Crippen molar-refractivity contribution in [1.29, 1.82) is 0 Å². The Morgan fingerprint density at radius 1 is 1.35 bits per heavy atom. The monoisotopic (exact) mass is 292 g/mol. The predicted octanol–water partition coefficient (Wildman–Crippen LogP) is 2.74. The Balaban J connectivity index is 1.88. The van der Waals surface area contributed by atoms with Gasteiger partial charge in [-0.1, -0.05) is 19.1 Å². The molecule has 1 heterocycles. The number of hydrazine groups is 1. The highest BCUT2D eigenvalue weighted by Crippen LogP contribution is 2.22. The first-order chi connectivity index (χ1) is 9.61. The van der Waals surface area contributed by atoms with E-state index in [4.69, 9.17) is 0 Å². The van der Waals surface area contributed by atoms with Gasteiger partial charge in [-0.15, -0.1) is 11.3 Å². The number of amides is 2. The minimum atomic E-state index is -0.238. The van der Waals surface area contributed by atoms with Gasteiger partial charge in [0.15, 0.2) is 0 Å². The number of carbonyl (C=O) groups excluding carboxylic acids is 2. The van der Waals surface area contributed by atoms with Gasteiger partial charge in [-0.05, 0) is 44.2 Å². The van der Waals surface area contributed by atoms with E-state index in [9.17, 15) is 9.59 Å². The smallest absolute Gasteiger partial charge is 0.273 e. The number of rotatable bonds is 3. The highest BCUT2D eigenvalue weighted by Gasteiger charge is 2.19. The molecular weight excluding hydrogens is 272 g/mol. The maximum atomic E-state index is 12.0. The van der Waals surface area contributed by atoms with Gasteiger partial charge in [0.1, 0.15) is 0 Å². The van der Waals surface area contributed by atoms with Gasteiger partial charge in [0.05, 0.1) is 4.88 Å². The summed E-state index contributed by atoms with van der Waals surface area (Å²) in [5.41, 5.74) is 6.17. The lowest BCUT2D eigenvalue weighted by atomic mass is 9.94. The molecule has 1 aliphatic rings. The largest absolute Gasteiger partial charge is 0.279 e. The quantitative estimate of drug-likeness (QED) is 0.665. The standard InChI is InChI=1S/C15H20N2O2S/c1-3-12-10(2)9-13(20-12)15(19)17-16-14(18)11-7-5-4-6-8-11/h4-5,9,11H,3,6-8H2,1-2H3,(H,16,18)(H,17,19)/t11-/m1/s1. The van der Waals surface area contributed by atoms with Gasteiger partial charge in [0.25, 0.3) is 5.91 Å². The Bertz CT molecular complexity index is 534. The van der Waals surface area contributed by atoms with E-state index < -0.39 is 0 Å². The number of hydrogen-bond acceptors (Lipinski definition) is 3. The molecule has 0 aliphatic heterocycles. The molecule has 1 aromatic heterocycles. The van der Waals surface area contributed by atoms with Crippen LogP contribution >= 0.6 is 11.3 Å². The molecule has 0 bridgehead atoms. The van der Waals surface area contributed by atoms with Gasteiger partial charge in [0.2, 0.25) is 5.91 Å². The molecule has 1 atom stereocenters. The van der Waals surface area contributed by atoms with Crippen molar-refractivity contribution in [3.8, 4) is 0 Å². The van der Waals surface area contributed by atoms with Crippen LogP contribution in [0.3, 0.4) is 0 Å². The van der Waals surface area contributed by atoms with E-state index in [2.05, 4.69) is 23.9 Å². The Hall–Kier alpha value is -1.62. The molecule has 2 amide bonds. The Morgan fingerprint density at radius 3 is 2.75 bits per heavy atom. The summed E-state index contributed by atoms with van der Waals surface area (Å²) in [6, 6.07) is 1.87. The number of hydrogen-bond donors (Lipinski definition) is 2. The maximum Gasteiger partial charge on any atom is 0.279 e. The first-order valence-corrected chi connectivity index (χ1v) is 7.78. The van der Waals surface area contributed by atoms with Gasteiger partial charge in [0, 0.05) is 10.8 Å². The van der Waals surface area contributed by atoms with Crippen molar-refractivity contribution in [3.05, 3.63) is 33.5 Å². The van der Waals surface area contributed by atoms with Crippen LogP contribution in [0, 0.1) is 12.8 Å². The number of allylic oxidation sites excluding steroid dienone is 2. The maximum absolute atomic E-state index is 12.0. The zero-order chi connectivity index (χ0) is 14.5. The average molecular weight is 292 g/mol. The van der Waals surface area contributed by atoms with Crippen LogP contribution in [0.15, 0.2) is 18.2 Å². The molecule has 0 unspecified atom stereocenters. The third-order valence-corrected chi connectivity index (χ3v) is 4.88. The van der Waals surface area contributed by atoms with Crippen molar-refractivity contribution in [3.63, 3.8) is 0 Å². The van der Waals surface area contributed by atoms with Crippen molar-refractivity contribution in [2.24, 2.45) is 5.92 Å². The second-order valence-electron chi connectivity index (χ2n) is 5.00. The van der Waals surface area contributed by atoms with Crippen LogP contribution in [0.25, 0.3) is 0 Å². The molecule has 0 saturated heterocycles. The highest BCUT2D eigenvalue weighted by atomic mass is 32.1. The Labute approximate surface area is 123 Å². The Kier molecular flexibility index (Phi) is 4.95. The van der Waals surface area contributed by atoms with Crippen LogP contribution in [0.4, 0.5) is 0 Å². The molecule has 20 heavy (non-hydrogen) atoms. The number of aryl methyl sites for hydroxylation is 2. The fourth-order valence-corrected chi connectivity index (χ4v) is 3.31. The summed E-state index contributed by atoms with van der Waals surface area (Å²) in [6.45, 7) is 4.07. The van der Waals surface area contributed by atoms with Gasteiger partial charge < -0.3 is 0 Å². The summed E-state index contributed by atoms with van der Waals surface area (Å²) >= 11 is 1.48. The number of thiophene rings is 1. The van der Waals surface area contributed by atoms with Gasteiger partial charge in [-0.3, -0.25) is 20.4 Å². The first-order valence-electron chi connectivity index (χ1n) is 6.96. The molecule has 2 rings (SSSR count). The molecule has 0 spiro atoms. The molecule has 2 N–H and O–H groups in total.